The maximum absolute atomic E-state index is 11.8. The van der Waals surface area contributed by atoms with Crippen LogP contribution in [0.4, 0.5) is 4.79 Å². The summed E-state index contributed by atoms with van der Waals surface area (Å²) in [6.07, 6.45) is 0.0600. The summed E-state index contributed by atoms with van der Waals surface area (Å²) in [6.45, 7) is 5.38. The Hall–Kier alpha value is -2.04. The third-order valence-corrected chi connectivity index (χ3v) is 3.24. The van der Waals surface area contributed by atoms with E-state index in [-0.39, 0.29) is 6.04 Å². The Morgan fingerprint density at radius 3 is 2.55 bits per heavy atom. The minimum Gasteiger partial charge on any atom is -0.444 e. The first-order valence-electron chi connectivity index (χ1n) is 6.64. The molecule has 1 aliphatic carbocycles. The van der Waals surface area contributed by atoms with Gasteiger partial charge in [-0.15, -0.1) is 0 Å². The van der Waals surface area contributed by atoms with Gasteiger partial charge in [-0.25, -0.2) is 4.79 Å². The van der Waals surface area contributed by atoms with E-state index >= 15 is 0 Å². The van der Waals surface area contributed by atoms with Crippen molar-refractivity contribution in [3.63, 3.8) is 0 Å². The van der Waals surface area contributed by atoms with Crippen molar-refractivity contribution in [2.75, 3.05) is 0 Å². The van der Waals surface area contributed by atoms with Crippen molar-refractivity contribution in [1.29, 1.82) is 0 Å². The van der Waals surface area contributed by atoms with E-state index in [0.29, 0.717) is 6.42 Å². The number of alkyl carbamates (subject to hydrolysis) is 1. The predicted molar refractivity (Wildman–Crippen MR) is 75.2 cm³/mol. The number of nitrogens with one attached hydrogen (secondary N) is 1. The van der Waals surface area contributed by atoms with E-state index in [1.807, 2.05) is 24.3 Å². The van der Waals surface area contributed by atoms with E-state index in [1.54, 1.807) is 20.8 Å². The summed E-state index contributed by atoms with van der Waals surface area (Å²) in [5, 5.41) is 2.75. The zero-order valence-corrected chi connectivity index (χ0v) is 12.0. The highest BCUT2D eigenvalue weighted by Crippen LogP contribution is 2.33. The monoisotopic (exact) mass is 276 g/mol. The van der Waals surface area contributed by atoms with Crippen LogP contribution in [0.25, 0.3) is 0 Å². The Bertz CT molecular complexity index is 534. The van der Waals surface area contributed by atoms with Crippen LogP contribution in [0.2, 0.25) is 0 Å². The van der Waals surface area contributed by atoms with Gasteiger partial charge in [0, 0.05) is 0 Å². The molecule has 1 aliphatic rings. The lowest BCUT2D eigenvalue weighted by molar-refractivity contribution is -0.119. The molecule has 1 aromatic carbocycles. The van der Waals surface area contributed by atoms with Crippen molar-refractivity contribution in [1.82, 2.24) is 5.32 Å². The molecule has 0 heterocycles. The molecule has 20 heavy (non-hydrogen) atoms. The van der Waals surface area contributed by atoms with Gasteiger partial charge in [0.05, 0.1) is 12.0 Å². The van der Waals surface area contributed by atoms with Crippen LogP contribution in [-0.2, 0) is 16.0 Å². The van der Waals surface area contributed by atoms with Gasteiger partial charge in [-0.1, -0.05) is 24.3 Å². The molecule has 1 aromatic rings. The number of carbonyl (C=O) groups excluding carboxylic acids is 2. The van der Waals surface area contributed by atoms with Gasteiger partial charge in [-0.3, -0.25) is 4.79 Å². The van der Waals surface area contributed by atoms with Gasteiger partial charge in [-0.05, 0) is 38.3 Å². The Balaban J connectivity index is 2.14. The van der Waals surface area contributed by atoms with E-state index < -0.39 is 23.5 Å². The molecular weight excluding hydrogens is 256 g/mol. The summed E-state index contributed by atoms with van der Waals surface area (Å²) in [5.74, 6) is -0.935. The fourth-order valence-corrected chi connectivity index (χ4v) is 2.54. The van der Waals surface area contributed by atoms with Gasteiger partial charge < -0.3 is 15.8 Å². The fourth-order valence-electron chi connectivity index (χ4n) is 2.54. The van der Waals surface area contributed by atoms with Crippen molar-refractivity contribution in [2.24, 2.45) is 5.73 Å². The Morgan fingerprint density at radius 1 is 1.30 bits per heavy atom. The topological polar surface area (TPSA) is 81.4 Å². The molecule has 0 aromatic heterocycles. The number of primary amides is 1. The number of carbonyl (C=O) groups is 2. The van der Waals surface area contributed by atoms with E-state index in [0.717, 1.165) is 11.1 Å². The molecule has 5 heteroatoms. The van der Waals surface area contributed by atoms with Gasteiger partial charge in [0.25, 0.3) is 0 Å². The molecule has 0 aliphatic heterocycles. The predicted octanol–water partition coefficient (Wildman–Crippen LogP) is 1.70. The summed E-state index contributed by atoms with van der Waals surface area (Å²) in [6, 6.07) is 7.25. The normalized spacial score (nSPS) is 21.1. The molecular formula is C15H20N2O3. The zero-order valence-electron chi connectivity index (χ0n) is 12.0. The smallest absolute Gasteiger partial charge is 0.407 e. The highest BCUT2D eigenvalue weighted by molar-refractivity contribution is 5.85. The van der Waals surface area contributed by atoms with E-state index in [4.69, 9.17) is 10.5 Å². The lowest BCUT2D eigenvalue weighted by atomic mass is 9.98. The number of amides is 2. The van der Waals surface area contributed by atoms with Crippen molar-refractivity contribution < 1.29 is 14.3 Å². The quantitative estimate of drug-likeness (QED) is 0.862. The average Bonchev–Trinajstić information content (AvgIpc) is 2.63. The molecule has 0 fully saturated rings. The summed E-state index contributed by atoms with van der Waals surface area (Å²) in [5.41, 5.74) is 6.83. The van der Waals surface area contributed by atoms with E-state index in [2.05, 4.69) is 5.32 Å². The lowest BCUT2D eigenvalue weighted by Gasteiger charge is -2.23. The third kappa shape index (κ3) is 3.10. The summed E-state index contributed by atoms with van der Waals surface area (Å²) in [4.78, 5) is 23.5. The van der Waals surface area contributed by atoms with Crippen LogP contribution >= 0.6 is 0 Å². The molecule has 108 valence electrons. The van der Waals surface area contributed by atoms with E-state index in [1.165, 1.54) is 0 Å². The van der Waals surface area contributed by atoms with Crippen LogP contribution < -0.4 is 11.1 Å². The van der Waals surface area contributed by atoms with Gasteiger partial charge in [-0.2, -0.15) is 0 Å². The lowest BCUT2D eigenvalue weighted by Crippen LogP contribution is -2.44. The van der Waals surface area contributed by atoms with Crippen molar-refractivity contribution in [2.45, 2.75) is 44.8 Å². The average molecular weight is 276 g/mol. The number of hydrogen-bond acceptors (Lipinski definition) is 3. The Morgan fingerprint density at radius 2 is 1.95 bits per heavy atom. The molecule has 2 atom stereocenters. The van der Waals surface area contributed by atoms with Crippen LogP contribution in [0.5, 0.6) is 0 Å². The van der Waals surface area contributed by atoms with E-state index in [9.17, 15) is 9.59 Å². The molecule has 5 nitrogen and oxygen atoms in total. The standard InChI is InChI=1S/C15H20N2O3/c1-15(2,3)20-14(19)17-11-8-9-6-4-5-7-10(9)12(11)13(16)18/h4-7,11-12H,8H2,1-3H3,(H2,16,18)(H,17,19)/t11?,12-/m1/s1. The van der Waals surface area contributed by atoms with Gasteiger partial charge >= 0.3 is 6.09 Å². The first-order valence-corrected chi connectivity index (χ1v) is 6.64. The highest BCUT2D eigenvalue weighted by atomic mass is 16.6. The maximum atomic E-state index is 11.8. The second-order valence-corrected chi connectivity index (χ2v) is 6.04. The fraction of sp³-hybridized carbons (Fsp3) is 0.467. The van der Waals surface area contributed by atoms with Crippen LogP contribution in [-0.4, -0.2) is 23.6 Å². The molecule has 1 unspecified atom stereocenters. The molecule has 0 saturated carbocycles. The molecule has 0 radical (unpaired) electrons. The number of hydrogen-bond donors (Lipinski definition) is 2. The minimum atomic E-state index is -0.572. The minimum absolute atomic E-state index is 0.347. The van der Waals surface area contributed by atoms with Crippen molar-refractivity contribution >= 4 is 12.0 Å². The molecule has 0 bridgehead atoms. The zero-order chi connectivity index (χ0) is 14.9. The molecule has 0 saturated heterocycles. The number of fused-ring (bicyclic) bond motifs is 1. The van der Waals surface area contributed by atoms with Gasteiger partial charge in [0.1, 0.15) is 5.60 Å². The van der Waals surface area contributed by atoms with Crippen LogP contribution in [0.15, 0.2) is 24.3 Å². The molecule has 3 N–H and O–H groups in total. The number of ether oxygens (including phenoxy) is 1. The van der Waals surface area contributed by atoms with Gasteiger partial charge in [0.2, 0.25) is 5.91 Å². The second-order valence-electron chi connectivity index (χ2n) is 6.04. The maximum Gasteiger partial charge on any atom is 0.407 e. The number of rotatable bonds is 2. The van der Waals surface area contributed by atoms with Crippen LogP contribution in [0.3, 0.4) is 0 Å². The third-order valence-electron chi connectivity index (χ3n) is 3.24. The summed E-state index contributed by atoms with van der Waals surface area (Å²) >= 11 is 0. The Kier molecular flexibility index (Phi) is 3.70. The summed E-state index contributed by atoms with van der Waals surface area (Å²) in [7, 11) is 0. The first-order chi connectivity index (χ1) is 9.28. The largest absolute Gasteiger partial charge is 0.444 e. The second kappa shape index (κ2) is 5.15. The van der Waals surface area contributed by atoms with Crippen molar-refractivity contribution in [3.8, 4) is 0 Å². The first kappa shape index (κ1) is 14.4. The van der Waals surface area contributed by atoms with Crippen LogP contribution in [0, 0.1) is 0 Å². The van der Waals surface area contributed by atoms with Crippen LogP contribution in [0.1, 0.15) is 37.8 Å². The number of benzene rings is 1. The highest BCUT2D eigenvalue weighted by Gasteiger charge is 2.37. The van der Waals surface area contributed by atoms with Crippen molar-refractivity contribution in [3.05, 3.63) is 35.4 Å². The number of nitrogens with two attached hydrogens (primary N) is 1. The molecule has 2 amide bonds. The molecule has 2 rings (SSSR count). The summed E-state index contributed by atoms with van der Waals surface area (Å²) < 4.78 is 5.22. The molecule has 0 spiro atoms. The SMILES string of the molecule is CC(C)(C)OC(=O)NC1Cc2ccccc2[C@H]1C(N)=O. The Labute approximate surface area is 118 Å². The van der Waals surface area contributed by atoms with Gasteiger partial charge in [0.15, 0.2) is 0 Å².